The van der Waals surface area contributed by atoms with Crippen LogP contribution in [0.15, 0.2) is 18.2 Å². The van der Waals surface area contributed by atoms with Gasteiger partial charge < -0.3 is 29.5 Å². The Morgan fingerprint density at radius 3 is 2.70 bits per heavy atom. The predicted molar refractivity (Wildman–Crippen MR) is 109 cm³/mol. The molecule has 1 aromatic rings. The summed E-state index contributed by atoms with van der Waals surface area (Å²) >= 11 is 0. The van der Waals surface area contributed by atoms with Crippen molar-refractivity contribution in [2.24, 2.45) is 5.92 Å². The molecule has 3 aliphatic rings. The van der Waals surface area contributed by atoms with E-state index in [0.717, 1.165) is 29.8 Å². The molecule has 4 rings (SSSR count). The maximum absolute atomic E-state index is 12.6. The van der Waals surface area contributed by atoms with Gasteiger partial charge in [0.1, 0.15) is 18.0 Å². The van der Waals surface area contributed by atoms with Gasteiger partial charge in [-0.25, -0.2) is 0 Å². The molecule has 2 N–H and O–H groups in total. The first kappa shape index (κ1) is 21.1. The normalized spacial score (nSPS) is 28.2. The van der Waals surface area contributed by atoms with Crippen LogP contribution in [-0.2, 0) is 19.1 Å². The summed E-state index contributed by atoms with van der Waals surface area (Å²) in [4.78, 5) is 26.3. The predicted octanol–water partition coefficient (Wildman–Crippen LogP) is 1.52. The monoisotopic (exact) mass is 418 g/mol. The van der Waals surface area contributed by atoms with Crippen molar-refractivity contribution in [3.63, 3.8) is 0 Å². The van der Waals surface area contributed by atoms with Gasteiger partial charge in [-0.1, -0.05) is 0 Å². The fraction of sp³-hybridized carbons (Fsp3) is 0.636. The van der Waals surface area contributed by atoms with Crippen LogP contribution in [0.4, 0.5) is 5.69 Å². The zero-order chi connectivity index (χ0) is 21.3. The van der Waals surface area contributed by atoms with Crippen LogP contribution in [0.2, 0.25) is 0 Å². The van der Waals surface area contributed by atoms with E-state index in [1.807, 2.05) is 18.2 Å². The quantitative estimate of drug-likeness (QED) is 0.753. The lowest BCUT2D eigenvalue weighted by molar-refractivity contribution is -0.147. The third-order valence-corrected chi connectivity index (χ3v) is 6.26. The molecule has 3 heterocycles. The van der Waals surface area contributed by atoms with Crippen molar-refractivity contribution >= 4 is 17.5 Å². The van der Waals surface area contributed by atoms with Crippen molar-refractivity contribution < 1.29 is 28.9 Å². The van der Waals surface area contributed by atoms with E-state index in [0.29, 0.717) is 19.6 Å². The number of aliphatic hydroxyl groups is 1. The number of nitrogens with one attached hydrogen (secondary N) is 1. The van der Waals surface area contributed by atoms with E-state index in [2.05, 4.69) is 5.32 Å². The molecule has 3 aliphatic heterocycles. The van der Waals surface area contributed by atoms with Gasteiger partial charge in [0.2, 0.25) is 11.8 Å². The second-order valence-electron chi connectivity index (χ2n) is 8.52. The van der Waals surface area contributed by atoms with Crippen LogP contribution < -0.4 is 10.1 Å². The van der Waals surface area contributed by atoms with Crippen LogP contribution >= 0.6 is 0 Å². The lowest BCUT2D eigenvalue weighted by Crippen LogP contribution is -2.47. The van der Waals surface area contributed by atoms with Crippen LogP contribution in [0.3, 0.4) is 0 Å². The molecule has 0 unspecified atom stereocenters. The van der Waals surface area contributed by atoms with Gasteiger partial charge in [-0.05, 0) is 37.5 Å². The highest BCUT2D eigenvalue weighted by atomic mass is 16.6. The summed E-state index contributed by atoms with van der Waals surface area (Å²) in [6, 6.07) is 5.67. The fourth-order valence-corrected chi connectivity index (χ4v) is 4.55. The Bertz CT molecular complexity index is 792. The van der Waals surface area contributed by atoms with E-state index >= 15 is 0 Å². The van der Waals surface area contributed by atoms with Gasteiger partial charge in [0.05, 0.1) is 19.1 Å². The van der Waals surface area contributed by atoms with E-state index in [-0.39, 0.29) is 48.9 Å². The number of hydrogen-bond acceptors (Lipinski definition) is 6. The highest BCUT2D eigenvalue weighted by Crippen LogP contribution is 2.47. The van der Waals surface area contributed by atoms with Crippen molar-refractivity contribution in [2.45, 2.75) is 49.9 Å². The Labute approximate surface area is 176 Å². The van der Waals surface area contributed by atoms with Gasteiger partial charge in [0.15, 0.2) is 0 Å². The van der Waals surface area contributed by atoms with Gasteiger partial charge in [-0.15, -0.1) is 0 Å². The number of nitrogens with zero attached hydrogens (tertiary/aromatic N) is 1. The number of amides is 2. The minimum Gasteiger partial charge on any atom is -0.487 e. The van der Waals surface area contributed by atoms with Gasteiger partial charge in [0.25, 0.3) is 0 Å². The van der Waals surface area contributed by atoms with Crippen LogP contribution in [0.5, 0.6) is 5.75 Å². The Morgan fingerprint density at radius 1 is 1.23 bits per heavy atom. The van der Waals surface area contributed by atoms with Gasteiger partial charge >= 0.3 is 0 Å². The highest BCUT2D eigenvalue weighted by Gasteiger charge is 2.46. The molecular formula is C22H30N2O6. The second kappa shape index (κ2) is 8.91. The lowest BCUT2D eigenvalue weighted by Gasteiger charge is -2.37. The minimum atomic E-state index is -0.489. The van der Waals surface area contributed by atoms with Crippen molar-refractivity contribution in [1.29, 1.82) is 0 Å². The standard InChI is InChI=1S/C22H30N2O6/c1-24(2)20(26)11-15-10-17-16-9-14(23-22(27)13-5-7-28-8-6-13)3-4-18(16)30-21(17)19(12-25)29-15/h3-4,9,13,15,17,19,21,25H,5-8,10-12H2,1-2H3,(H,23,27)/t15-,17-,19+,21+/m1/s1. The molecule has 8 nitrogen and oxygen atoms in total. The number of fused-ring (bicyclic) bond motifs is 3. The third-order valence-electron chi connectivity index (χ3n) is 6.26. The maximum atomic E-state index is 12.6. The molecule has 164 valence electrons. The zero-order valence-electron chi connectivity index (χ0n) is 17.5. The topological polar surface area (TPSA) is 97.3 Å². The van der Waals surface area contributed by atoms with Gasteiger partial charge in [0, 0.05) is 50.4 Å². The van der Waals surface area contributed by atoms with Gasteiger partial charge in [-0.3, -0.25) is 9.59 Å². The molecular weight excluding hydrogens is 388 g/mol. The molecule has 0 aliphatic carbocycles. The first-order valence-electron chi connectivity index (χ1n) is 10.6. The third kappa shape index (κ3) is 4.31. The molecule has 8 heteroatoms. The Morgan fingerprint density at radius 2 is 2.00 bits per heavy atom. The summed E-state index contributed by atoms with van der Waals surface area (Å²) in [6.45, 7) is 1.07. The van der Waals surface area contributed by atoms with E-state index in [1.54, 1.807) is 19.0 Å². The van der Waals surface area contributed by atoms with Crippen molar-refractivity contribution in [1.82, 2.24) is 4.90 Å². The van der Waals surface area contributed by atoms with Crippen LogP contribution in [-0.4, -0.2) is 74.0 Å². The Kier molecular flexibility index (Phi) is 6.26. The molecule has 1 aromatic carbocycles. The van der Waals surface area contributed by atoms with Crippen molar-refractivity contribution in [2.75, 3.05) is 39.2 Å². The first-order chi connectivity index (χ1) is 14.5. The number of aliphatic hydroxyl groups excluding tert-OH is 1. The fourth-order valence-electron chi connectivity index (χ4n) is 4.55. The molecule has 2 saturated heterocycles. The van der Waals surface area contributed by atoms with Crippen LogP contribution in [0.1, 0.15) is 37.2 Å². The Balaban J connectivity index is 1.49. The smallest absolute Gasteiger partial charge is 0.227 e. The Hall–Kier alpha value is -2.16. The summed E-state index contributed by atoms with van der Waals surface area (Å²) in [5.41, 5.74) is 1.73. The molecule has 0 bridgehead atoms. The summed E-state index contributed by atoms with van der Waals surface area (Å²) in [5, 5.41) is 12.9. The summed E-state index contributed by atoms with van der Waals surface area (Å²) < 4.78 is 17.4. The minimum absolute atomic E-state index is 0.00537. The summed E-state index contributed by atoms with van der Waals surface area (Å²) in [7, 11) is 3.44. The van der Waals surface area contributed by atoms with E-state index < -0.39 is 6.10 Å². The lowest BCUT2D eigenvalue weighted by atomic mass is 9.84. The number of anilines is 1. The summed E-state index contributed by atoms with van der Waals surface area (Å²) in [6.07, 6.45) is 1.30. The zero-order valence-corrected chi connectivity index (χ0v) is 17.5. The van der Waals surface area contributed by atoms with E-state index in [1.165, 1.54) is 0 Å². The van der Waals surface area contributed by atoms with Gasteiger partial charge in [-0.2, -0.15) is 0 Å². The van der Waals surface area contributed by atoms with Crippen molar-refractivity contribution in [3.8, 4) is 5.75 Å². The molecule has 0 radical (unpaired) electrons. The first-order valence-corrected chi connectivity index (χ1v) is 10.6. The second-order valence-corrected chi connectivity index (χ2v) is 8.52. The average molecular weight is 418 g/mol. The largest absolute Gasteiger partial charge is 0.487 e. The molecule has 2 fully saturated rings. The molecule has 0 aromatic heterocycles. The summed E-state index contributed by atoms with van der Waals surface area (Å²) in [5.74, 6) is 0.732. The number of ether oxygens (including phenoxy) is 3. The number of hydrogen-bond donors (Lipinski definition) is 2. The van der Waals surface area contributed by atoms with Crippen LogP contribution in [0, 0.1) is 5.92 Å². The van der Waals surface area contributed by atoms with E-state index in [9.17, 15) is 14.7 Å². The van der Waals surface area contributed by atoms with Crippen LogP contribution in [0.25, 0.3) is 0 Å². The number of carbonyl (C=O) groups excluding carboxylic acids is 2. The maximum Gasteiger partial charge on any atom is 0.227 e. The molecule has 4 atom stereocenters. The SMILES string of the molecule is CN(C)C(=O)C[C@H]1C[C@@H]2c3cc(NC(=O)C4CCOCC4)ccc3O[C@@H]2[C@H](CO)O1. The van der Waals surface area contributed by atoms with Crippen molar-refractivity contribution in [3.05, 3.63) is 23.8 Å². The molecule has 30 heavy (non-hydrogen) atoms. The highest BCUT2D eigenvalue weighted by molar-refractivity contribution is 5.92. The average Bonchev–Trinajstić information content (AvgIpc) is 3.11. The number of benzene rings is 1. The molecule has 0 spiro atoms. The number of carbonyl (C=O) groups is 2. The molecule has 0 saturated carbocycles. The number of rotatable bonds is 5. The van der Waals surface area contributed by atoms with E-state index in [4.69, 9.17) is 14.2 Å². The molecule has 2 amide bonds.